The van der Waals surface area contributed by atoms with Crippen molar-refractivity contribution in [3.63, 3.8) is 0 Å². The Balaban J connectivity index is 1.80. The van der Waals surface area contributed by atoms with Crippen LogP contribution in [0.25, 0.3) is 11.3 Å². The highest BCUT2D eigenvalue weighted by Gasteiger charge is 2.22. The molecule has 0 unspecified atom stereocenters. The van der Waals surface area contributed by atoms with Gasteiger partial charge in [0.25, 0.3) is 5.91 Å². The van der Waals surface area contributed by atoms with Crippen molar-refractivity contribution < 1.29 is 17.7 Å². The molecule has 0 atom stereocenters. The molecule has 0 aliphatic carbocycles. The maximum Gasteiger partial charge on any atom is 0.261 e. The van der Waals surface area contributed by atoms with Gasteiger partial charge in [-0.25, -0.2) is 13.1 Å². The minimum Gasteiger partial charge on any atom is -0.360 e. The van der Waals surface area contributed by atoms with Crippen molar-refractivity contribution >= 4 is 21.6 Å². The lowest BCUT2D eigenvalue weighted by molar-refractivity contribution is 0.102. The molecular formula is C20H21N3O4S. The summed E-state index contributed by atoms with van der Waals surface area (Å²) in [5, 5.41) is 6.76. The lowest BCUT2D eigenvalue weighted by atomic mass is 10.1. The quantitative estimate of drug-likeness (QED) is 0.632. The highest BCUT2D eigenvalue weighted by Crippen LogP contribution is 2.26. The van der Waals surface area contributed by atoms with E-state index in [0.717, 1.165) is 5.56 Å². The zero-order valence-corrected chi connectivity index (χ0v) is 16.4. The van der Waals surface area contributed by atoms with E-state index in [9.17, 15) is 13.2 Å². The van der Waals surface area contributed by atoms with Crippen LogP contribution in [0.5, 0.6) is 0 Å². The first kappa shape index (κ1) is 19.8. The molecule has 0 fully saturated rings. The van der Waals surface area contributed by atoms with E-state index in [-0.39, 0.29) is 10.8 Å². The fourth-order valence-corrected chi connectivity index (χ4v) is 3.80. The molecule has 0 spiro atoms. The topological polar surface area (TPSA) is 101 Å². The molecule has 3 rings (SSSR count). The van der Waals surface area contributed by atoms with Crippen LogP contribution in [0.4, 0.5) is 5.69 Å². The molecule has 7 nitrogen and oxygen atoms in total. The van der Waals surface area contributed by atoms with Gasteiger partial charge in [0.05, 0.1) is 4.90 Å². The van der Waals surface area contributed by atoms with Crippen LogP contribution in [0.2, 0.25) is 0 Å². The lowest BCUT2D eigenvalue weighted by Crippen LogP contribution is -2.24. The first-order valence-electron chi connectivity index (χ1n) is 8.85. The Morgan fingerprint density at radius 3 is 2.39 bits per heavy atom. The smallest absolute Gasteiger partial charge is 0.261 e. The van der Waals surface area contributed by atoms with Gasteiger partial charge in [-0.2, -0.15) is 0 Å². The summed E-state index contributed by atoms with van der Waals surface area (Å²) in [4.78, 5) is 12.9. The number of rotatable bonds is 7. The summed E-state index contributed by atoms with van der Waals surface area (Å²) in [7, 11) is -3.55. The number of carbonyl (C=O) groups excluding carboxylic acids is 1. The normalized spacial score (nSPS) is 11.4. The second-order valence-electron chi connectivity index (χ2n) is 6.20. The van der Waals surface area contributed by atoms with Gasteiger partial charge < -0.3 is 9.84 Å². The molecule has 8 heteroatoms. The highest BCUT2D eigenvalue weighted by atomic mass is 32.2. The SMILES string of the molecule is CCCNS(=O)(=O)c1ccc(NC(=O)c2c(-c3ccccc3)noc2C)cc1. The summed E-state index contributed by atoms with van der Waals surface area (Å²) in [6.45, 7) is 3.93. The maximum atomic E-state index is 12.8. The van der Waals surface area contributed by atoms with Crippen molar-refractivity contribution in [3.8, 4) is 11.3 Å². The third kappa shape index (κ3) is 4.29. The fraction of sp³-hybridized carbons (Fsp3) is 0.200. The third-order valence-corrected chi connectivity index (χ3v) is 5.58. The molecule has 0 aliphatic heterocycles. The molecule has 1 aromatic heterocycles. The minimum atomic E-state index is -3.55. The molecule has 0 bridgehead atoms. The number of hydrogen-bond donors (Lipinski definition) is 2. The number of amides is 1. The number of carbonyl (C=O) groups is 1. The minimum absolute atomic E-state index is 0.144. The van der Waals surface area contributed by atoms with E-state index in [0.29, 0.717) is 35.7 Å². The number of hydrogen-bond acceptors (Lipinski definition) is 5. The second kappa shape index (κ2) is 8.37. The monoisotopic (exact) mass is 399 g/mol. The Kier molecular flexibility index (Phi) is 5.91. The largest absolute Gasteiger partial charge is 0.360 e. The molecular weight excluding hydrogens is 378 g/mol. The van der Waals surface area contributed by atoms with Crippen molar-refractivity contribution in [2.45, 2.75) is 25.2 Å². The second-order valence-corrected chi connectivity index (χ2v) is 7.97. The standard InChI is InChI=1S/C20H21N3O4S/c1-3-13-21-28(25,26)17-11-9-16(10-12-17)22-20(24)18-14(2)27-23-19(18)15-7-5-4-6-8-15/h4-12,21H,3,13H2,1-2H3,(H,22,24). The van der Waals surface area contributed by atoms with E-state index in [1.54, 1.807) is 19.1 Å². The maximum absolute atomic E-state index is 12.8. The molecule has 0 radical (unpaired) electrons. The summed E-state index contributed by atoms with van der Waals surface area (Å²) in [5.41, 5.74) is 2.04. The number of sulfonamides is 1. The first-order valence-corrected chi connectivity index (χ1v) is 10.3. The van der Waals surface area contributed by atoms with Gasteiger partial charge in [0, 0.05) is 17.8 Å². The van der Waals surface area contributed by atoms with Gasteiger partial charge in [-0.15, -0.1) is 0 Å². The van der Waals surface area contributed by atoms with E-state index in [4.69, 9.17) is 4.52 Å². The van der Waals surface area contributed by atoms with Gasteiger partial charge in [-0.05, 0) is 37.6 Å². The van der Waals surface area contributed by atoms with Crippen molar-refractivity contribution in [1.82, 2.24) is 9.88 Å². The highest BCUT2D eigenvalue weighted by molar-refractivity contribution is 7.89. The van der Waals surface area contributed by atoms with Crippen LogP contribution in [-0.4, -0.2) is 26.0 Å². The number of benzene rings is 2. The predicted octanol–water partition coefficient (Wildman–Crippen LogP) is 3.59. The van der Waals surface area contributed by atoms with Gasteiger partial charge >= 0.3 is 0 Å². The van der Waals surface area contributed by atoms with Gasteiger partial charge in [0.1, 0.15) is 17.0 Å². The van der Waals surface area contributed by atoms with Crippen molar-refractivity contribution in [3.05, 3.63) is 65.9 Å². The van der Waals surface area contributed by atoms with Crippen LogP contribution in [0.3, 0.4) is 0 Å². The van der Waals surface area contributed by atoms with Crippen LogP contribution in [0.15, 0.2) is 64.0 Å². The molecule has 1 amide bonds. The van der Waals surface area contributed by atoms with E-state index in [1.165, 1.54) is 12.1 Å². The number of nitrogens with zero attached hydrogens (tertiary/aromatic N) is 1. The molecule has 3 aromatic rings. The van der Waals surface area contributed by atoms with Crippen LogP contribution in [0.1, 0.15) is 29.5 Å². The number of nitrogens with one attached hydrogen (secondary N) is 2. The van der Waals surface area contributed by atoms with Gasteiger partial charge in [-0.1, -0.05) is 42.4 Å². The fourth-order valence-electron chi connectivity index (χ4n) is 2.66. The van der Waals surface area contributed by atoms with Crippen molar-refractivity contribution in [1.29, 1.82) is 0 Å². The average molecular weight is 399 g/mol. The third-order valence-electron chi connectivity index (χ3n) is 4.10. The van der Waals surface area contributed by atoms with Crippen molar-refractivity contribution in [2.75, 3.05) is 11.9 Å². The Morgan fingerprint density at radius 1 is 1.07 bits per heavy atom. The first-order chi connectivity index (χ1) is 13.4. The zero-order chi connectivity index (χ0) is 20.1. The van der Waals surface area contributed by atoms with Gasteiger partial charge in [0.2, 0.25) is 10.0 Å². The van der Waals surface area contributed by atoms with Crippen LogP contribution < -0.4 is 10.0 Å². The van der Waals surface area contributed by atoms with E-state index >= 15 is 0 Å². The lowest BCUT2D eigenvalue weighted by Gasteiger charge is -2.08. The van der Waals surface area contributed by atoms with Crippen LogP contribution >= 0.6 is 0 Å². The Labute approximate surface area is 163 Å². The molecule has 0 aliphatic rings. The molecule has 0 saturated carbocycles. The number of aromatic nitrogens is 1. The number of anilines is 1. The van der Waals surface area contributed by atoms with Gasteiger partial charge in [-0.3, -0.25) is 4.79 Å². The van der Waals surface area contributed by atoms with Crippen molar-refractivity contribution in [2.24, 2.45) is 0 Å². The summed E-state index contributed by atoms with van der Waals surface area (Å²) in [6.07, 6.45) is 0.704. The Bertz CT molecular complexity index is 1060. The molecule has 2 aromatic carbocycles. The summed E-state index contributed by atoms with van der Waals surface area (Å²) < 4.78 is 32.0. The van der Waals surface area contributed by atoms with E-state index in [2.05, 4.69) is 15.2 Å². The van der Waals surface area contributed by atoms with E-state index < -0.39 is 10.0 Å². The summed E-state index contributed by atoms with van der Waals surface area (Å²) in [5.74, 6) is 0.0247. The van der Waals surface area contributed by atoms with Crippen LogP contribution in [-0.2, 0) is 10.0 Å². The summed E-state index contributed by atoms with van der Waals surface area (Å²) >= 11 is 0. The van der Waals surface area contributed by atoms with Gasteiger partial charge in [0.15, 0.2) is 0 Å². The average Bonchev–Trinajstić information content (AvgIpc) is 3.09. The molecule has 2 N–H and O–H groups in total. The Hall–Kier alpha value is -2.97. The number of aryl methyl sites for hydroxylation is 1. The van der Waals surface area contributed by atoms with E-state index in [1.807, 2.05) is 37.3 Å². The predicted molar refractivity (Wildman–Crippen MR) is 107 cm³/mol. The molecule has 0 saturated heterocycles. The molecule has 146 valence electrons. The molecule has 28 heavy (non-hydrogen) atoms. The summed E-state index contributed by atoms with van der Waals surface area (Å²) in [6, 6.07) is 15.3. The Morgan fingerprint density at radius 2 is 1.75 bits per heavy atom. The zero-order valence-electron chi connectivity index (χ0n) is 15.6. The molecule has 1 heterocycles. The van der Waals surface area contributed by atoms with Crippen LogP contribution in [0, 0.1) is 6.92 Å².